The van der Waals surface area contributed by atoms with Crippen LogP contribution in [0.25, 0.3) is 11.4 Å². The number of carbonyl (C=O) groups is 1. The van der Waals surface area contributed by atoms with Crippen LogP contribution in [0.1, 0.15) is 40.5 Å². The van der Waals surface area contributed by atoms with Gasteiger partial charge in [0.05, 0.1) is 18.4 Å². The van der Waals surface area contributed by atoms with E-state index in [0.717, 1.165) is 35.1 Å². The van der Waals surface area contributed by atoms with Gasteiger partial charge < -0.3 is 14.2 Å². The molecule has 0 aliphatic carbocycles. The zero-order valence-electron chi connectivity index (χ0n) is 17.1. The number of para-hydroxylation sites is 1. The molecule has 0 aliphatic heterocycles. The zero-order chi connectivity index (χ0) is 20.0. The number of rotatable bonds is 9. The van der Waals surface area contributed by atoms with E-state index in [1.54, 1.807) is 7.11 Å². The number of carbonyl (C=O) groups excluding carboxylic acids is 1. The molecule has 0 unspecified atom stereocenters. The predicted octanol–water partition coefficient (Wildman–Crippen LogP) is 4.01. The maximum absolute atomic E-state index is 12.8. The van der Waals surface area contributed by atoms with E-state index in [0.29, 0.717) is 5.75 Å². The van der Waals surface area contributed by atoms with E-state index in [1.165, 1.54) is 11.8 Å². The fourth-order valence-corrected chi connectivity index (χ4v) is 3.81. The van der Waals surface area contributed by atoms with Gasteiger partial charge in [0.15, 0.2) is 11.0 Å². The van der Waals surface area contributed by atoms with Crippen LogP contribution in [0.4, 0.5) is 0 Å². The molecule has 148 valence electrons. The average molecular weight is 391 g/mol. The normalized spacial score (nSPS) is 13.3. The van der Waals surface area contributed by atoms with Crippen molar-refractivity contribution in [2.75, 3.05) is 12.9 Å². The van der Waals surface area contributed by atoms with Gasteiger partial charge in [-0.2, -0.15) is 0 Å². The number of hydrogen-bond donors (Lipinski definition) is 0. The molecule has 0 spiro atoms. The van der Waals surface area contributed by atoms with Crippen LogP contribution in [-0.4, -0.2) is 50.5 Å². The predicted molar refractivity (Wildman–Crippen MR) is 110 cm³/mol. The van der Waals surface area contributed by atoms with E-state index in [2.05, 4.69) is 37.9 Å². The molecule has 27 heavy (non-hydrogen) atoms. The number of hydrogen-bond acceptors (Lipinski definition) is 5. The van der Waals surface area contributed by atoms with Gasteiger partial charge in [-0.05, 0) is 38.8 Å². The van der Waals surface area contributed by atoms with Gasteiger partial charge in [0.2, 0.25) is 5.91 Å². The molecule has 0 aliphatic rings. The minimum Gasteiger partial charge on any atom is -0.496 e. The molecule has 2 rings (SSSR count). The van der Waals surface area contributed by atoms with Gasteiger partial charge in [0, 0.05) is 19.1 Å². The lowest BCUT2D eigenvalue weighted by molar-refractivity contribution is -0.132. The summed E-state index contributed by atoms with van der Waals surface area (Å²) >= 11 is 1.43. The van der Waals surface area contributed by atoms with Crippen molar-refractivity contribution in [3.05, 3.63) is 24.3 Å². The fourth-order valence-electron chi connectivity index (χ4n) is 3.02. The van der Waals surface area contributed by atoms with E-state index >= 15 is 0 Å². The third-order valence-electron chi connectivity index (χ3n) is 4.93. The highest BCUT2D eigenvalue weighted by molar-refractivity contribution is 7.99. The first kappa shape index (κ1) is 21.3. The molecule has 0 fully saturated rings. The van der Waals surface area contributed by atoms with Gasteiger partial charge in [-0.15, -0.1) is 10.2 Å². The van der Waals surface area contributed by atoms with Crippen LogP contribution < -0.4 is 4.74 Å². The van der Waals surface area contributed by atoms with E-state index in [4.69, 9.17) is 4.74 Å². The van der Waals surface area contributed by atoms with E-state index in [9.17, 15) is 4.79 Å². The summed E-state index contributed by atoms with van der Waals surface area (Å²) < 4.78 is 7.33. The summed E-state index contributed by atoms with van der Waals surface area (Å²) in [6, 6.07) is 8.19. The van der Waals surface area contributed by atoms with Crippen molar-refractivity contribution in [1.29, 1.82) is 0 Å². The van der Waals surface area contributed by atoms with Gasteiger partial charge in [-0.3, -0.25) is 4.79 Å². The quantitative estimate of drug-likeness (QED) is 0.606. The Morgan fingerprint density at radius 1 is 1.19 bits per heavy atom. The van der Waals surface area contributed by atoms with Crippen molar-refractivity contribution in [3.8, 4) is 17.1 Å². The van der Waals surface area contributed by atoms with Crippen LogP contribution in [-0.2, 0) is 11.8 Å². The molecule has 2 atom stereocenters. The number of aromatic nitrogens is 3. The Hall–Kier alpha value is -2.02. The maximum Gasteiger partial charge on any atom is 0.233 e. The summed E-state index contributed by atoms with van der Waals surface area (Å²) in [4.78, 5) is 14.8. The Morgan fingerprint density at radius 2 is 1.81 bits per heavy atom. The smallest absolute Gasteiger partial charge is 0.233 e. The topological polar surface area (TPSA) is 60.3 Å². The molecule has 6 nitrogen and oxygen atoms in total. The van der Waals surface area contributed by atoms with Gasteiger partial charge >= 0.3 is 0 Å². The van der Waals surface area contributed by atoms with Crippen molar-refractivity contribution in [3.63, 3.8) is 0 Å². The lowest BCUT2D eigenvalue weighted by Gasteiger charge is -2.34. The Labute approximate surface area is 166 Å². The van der Waals surface area contributed by atoms with Crippen LogP contribution in [0.2, 0.25) is 0 Å². The highest BCUT2D eigenvalue weighted by Crippen LogP contribution is 2.30. The minimum atomic E-state index is 0.144. The van der Waals surface area contributed by atoms with Crippen LogP contribution in [0.15, 0.2) is 29.4 Å². The lowest BCUT2D eigenvalue weighted by Crippen LogP contribution is -2.45. The highest BCUT2D eigenvalue weighted by atomic mass is 32.2. The van der Waals surface area contributed by atoms with Gasteiger partial charge in [-0.25, -0.2) is 0 Å². The largest absolute Gasteiger partial charge is 0.496 e. The van der Waals surface area contributed by atoms with Gasteiger partial charge in [0.1, 0.15) is 5.75 Å². The first-order chi connectivity index (χ1) is 12.9. The van der Waals surface area contributed by atoms with E-state index in [-0.39, 0.29) is 18.0 Å². The number of thioether (sulfide) groups is 1. The molecule has 7 heteroatoms. The summed E-state index contributed by atoms with van der Waals surface area (Å²) in [5.74, 6) is 1.97. The second kappa shape index (κ2) is 9.78. The number of amides is 1. The van der Waals surface area contributed by atoms with Gasteiger partial charge in [0.25, 0.3) is 0 Å². The summed E-state index contributed by atoms with van der Waals surface area (Å²) in [6.07, 6.45) is 1.89. The highest BCUT2D eigenvalue weighted by Gasteiger charge is 2.24. The number of nitrogens with zero attached hydrogens (tertiary/aromatic N) is 4. The molecule has 0 radical (unpaired) electrons. The molecular formula is C20H30N4O2S. The third-order valence-corrected chi connectivity index (χ3v) is 5.93. The van der Waals surface area contributed by atoms with Crippen molar-refractivity contribution < 1.29 is 9.53 Å². The summed E-state index contributed by atoms with van der Waals surface area (Å²) in [5, 5.41) is 9.31. The SMILES string of the molecule is CC[C@H](C)N(C(=O)CSc1nnc(-c2ccccc2OC)n1C)[C@@H](C)CC. The first-order valence-electron chi connectivity index (χ1n) is 9.41. The summed E-state index contributed by atoms with van der Waals surface area (Å²) in [6.45, 7) is 8.44. The van der Waals surface area contributed by atoms with Crippen molar-refractivity contribution in [2.24, 2.45) is 7.05 Å². The second-order valence-corrected chi connectivity index (χ2v) is 7.61. The van der Waals surface area contributed by atoms with Crippen molar-refractivity contribution >= 4 is 17.7 Å². The molecule has 2 aromatic rings. The van der Waals surface area contributed by atoms with Crippen LogP contribution in [0, 0.1) is 0 Å². The first-order valence-corrected chi connectivity index (χ1v) is 10.4. The monoisotopic (exact) mass is 390 g/mol. The summed E-state index contributed by atoms with van der Waals surface area (Å²) in [5.41, 5.74) is 0.883. The Morgan fingerprint density at radius 3 is 2.41 bits per heavy atom. The summed E-state index contributed by atoms with van der Waals surface area (Å²) in [7, 11) is 3.55. The Balaban J connectivity index is 2.15. The minimum absolute atomic E-state index is 0.144. The standard InChI is InChI=1S/C20H30N4O2S/c1-7-14(3)24(15(4)8-2)18(25)13-27-20-22-21-19(23(20)5)16-11-9-10-12-17(16)26-6/h9-12,14-15H,7-8,13H2,1-6H3/t14-,15-/m0/s1. The molecule has 1 aromatic heterocycles. The molecule has 1 aromatic carbocycles. The lowest BCUT2D eigenvalue weighted by atomic mass is 10.1. The van der Waals surface area contributed by atoms with E-state index in [1.807, 2.05) is 40.8 Å². The molecule has 1 heterocycles. The molecule has 0 N–H and O–H groups in total. The number of ether oxygens (including phenoxy) is 1. The maximum atomic E-state index is 12.8. The van der Waals surface area contributed by atoms with Crippen LogP contribution in [0.3, 0.4) is 0 Å². The molecule has 0 bridgehead atoms. The van der Waals surface area contributed by atoms with Crippen LogP contribution >= 0.6 is 11.8 Å². The fraction of sp³-hybridized carbons (Fsp3) is 0.550. The second-order valence-electron chi connectivity index (χ2n) is 6.67. The molecule has 0 saturated heterocycles. The van der Waals surface area contributed by atoms with E-state index < -0.39 is 0 Å². The Bertz CT molecular complexity index is 752. The van der Waals surface area contributed by atoms with Crippen LogP contribution in [0.5, 0.6) is 5.75 Å². The number of methoxy groups -OCH3 is 1. The molecular weight excluding hydrogens is 360 g/mol. The third kappa shape index (κ3) is 4.83. The van der Waals surface area contributed by atoms with Gasteiger partial charge in [-0.1, -0.05) is 37.7 Å². The average Bonchev–Trinajstić information content (AvgIpc) is 3.06. The zero-order valence-corrected chi connectivity index (χ0v) is 17.9. The Kier molecular flexibility index (Phi) is 7.71. The molecule has 0 saturated carbocycles. The van der Waals surface area contributed by atoms with Crippen molar-refractivity contribution in [2.45, 2.75) is 57.8 Å². The molecule has 1 amide bonds. The van der Waals surface area contributed by atoms with Crippen molar-refractivity contribution in [1.82, 2.24) is 19.7 Å². The number of benzene rings is 1.